The van der Waals surface area contributed by atoms with Gasteiger partial charge in [-0.3, -0.25) is 9.78 Å². The molecule has 2 heterocycles. The van der Waals surface area contributed by atoms with Crippen LogP contribution in [0.25, 0.3) is 0 Å². The van der Waals surface area contributed by atoms with E-state index in [2.05, 4.69) is 25.8 Å². The molecule has 1 amide bonds. The van der Waals surface area contributed by atoms with Crippen LogP contribution in [-0.4, -0.2) is 49.2 Å². The Hall–Kier alpha value is -1.62. The van der Waals surface area contributed by atoms with Crippen molar-refractivity contribution in [1.29, 1.82) is 0 Å². The Bertz CT molecular complexity index is 488. The fraction of sp³-hybridized carbons (Fsp3) is 0.600. The first-order valence-electron chi connectivity index (χ1n) is 6.85. The van der Waals surface area contributed by atoms with Crippen LogP contribution in [0.1, 0.15) is 36.8 Å². The van der Waals surface area contributed by atoms with Crippen molar-refractivity contribution in [2.75, 3.05) is 33.4 Å². The van der Waals surface area contributed by atoms with Gasteiger partial charge in [0.1, 0.15) is 5.75 Å². The van der Waals surface area contributed by atoms with Crippen molar-refractivity contribution in [2.24, 2.45) is 0 Å². The second-order valence-corrected chi connectivity index (χ2v) is 5.93. The number of amides is 1. The summed E-state index contributed by atoms with van der Waals surface area (Å²) in [5.74, 6) is 0.649. The van der Waals surface area contributed by atoms with Gasteiger partial charge >= 0.3 is 0 Å². The fourth-order valence-electron chi connectivity index (χ4n) is 2.23. The third-order valence-electron chi connectivity index (χ3n) is 3.33. The van der Waals surface area contributed by atoms with Gasteiger partial charge in [-0.15, -0.1) is 0 Å². The lowest BCUT2D eigenvalue weighted by Crippen LogP contribution is -2.40. The Balaban J connectivity index is 2.27. The van der Waals surface area contributed by atoms with Gasteiger partial charge in [0.05, 0.1) is 31.6 Å². The number of morpholine rings is 1. The smallest absolute Gasteiger partial charge is 0.255 e. The molecular weight excluding hydrogens is 256 g/mol. The molecule has 1 saturated heterocycles. The van der Waals surface area contributed by atoms with Crippen LogP contribution in [0.2, 0.25) is 0 Å². The molecule has 1 aromatic rings. The minimum Gasteiger partial charge on any atom is -0.495 e. The van der Waals surface area contributed by atoms with Gasteiger partial charge in [-0.05, 0) is 6.07 Å². The van der Waals surface area contributed by atoms with Crippen LogP contribution in [0.4, 0.5) is 0 Å². The SMILES string of the molecule is COc1cc(C(=O)N2CCOCC2)cnc1C(C)(C)C. The molecule has 1 aliphatic heterocycles. The fourth-order valence-corrected chi connectivity index (χ4v) is 2.23. The van der Waals surface area contributed by atoms with Gasteiger partial charge in [0, 0.05) is 24.7 Å². The van der Waals surface area contributed by atoms with Crippen molar-refractivity contribution in [3.05, 3.63) is 23.5 Å². The molecule has 0 unspecified atom stereocenters. The van der Waals surface area contributed by atoms with Crippen molar-refractivity contribution < 1.29 is 14.3 Å². The quantitative estimate of drug-likeness (QED) is 0.828. The minimum atomic E-state index is -0.119. The Morgan fingerprint density at radius 3 is 2.55 bits per heavy atom. The molecule has 1 aliphatic rings. The van der Waals surface area contributed by atoms with Crippen LogP contribution in [0.15, 0.2) is 12.3 Å². The summed E-state index contributed by atoms with van der Waals surface area (Å²) in [6, 6.07) is 1.78. The molecule has 2 rings (SSSR count). The zero-order valence-corrected chi connectivity index (χ0v) is 12.6. The Morgan fingerprint density at radius 1 is 1.35 bits per heavy atom. The van der Waals surface area contributed by atoms with E-state index in [1.807, 2.05) is 0 Å². The van der Waals surface area contributed by atoms with E-state index in [1.165, 1.54) is 0 Å². The van der Waals surface area contributed by atoms with Gasteiger partial charge in [-0.25, -0.2) is 0 Å². The third kappa shape index (κ3) is 3.10. The molecule has 20 heavy (non-hydrogen) atoms. The normalized spacial score (nSPS) is 16.1. The predicted molar refractivity (Wildman–Crippen MR) is 76.2 cm³/mol. The monoisotopic (exact) mass is 278 g/mol. The molecule has 0 atom stereocenters. The van der Waals surface area contributed by atoms with E-state index in [9.17, 15) is 4.79 Å². The molecule has 0 bridgehead atoms. The number of methoxy groups -OCH3 is 1. The van der Waals surface area contributed by atoms with Crippen LogP contribution in [0, 0.1) is 0 Å². The first-order valence-corrected chi connectivity index (χ1v) is 6.85. The van der Waals surface area contributed by atoms with Gasteiger partial charge in [0.25, 0.3) is 5.91 Å². The van der Waals surface area contributed by atoms with E-state index in [-0.39, 0.29) is 11.3 Å². The van der Waals surface area contributed by atoms with Gasteiger partial charge < -0.3 is 14.4 Å². The zero-order chi connectivity index (χ0) is 14.8. The summed E-state index contributed by atoms with van der Waals surface area (Å²) >= 11 is 0. The molecule has 0 saturated carbocycles. The number of pyridine rings is 1. The standard InChI is InChI=1S/C15H22N2O3/c1-15(2,3)13-12(19-4)9-11(10-16-13)14(18)17-5-7-20-8-6-17/h9-10H,5-8H2,1-4H3. The van der Waals surface area contributed by atoms with Gasteiger partial charge in [-0.1, -0.05) is 20.8 Å². The van der Waals surface area contributed by atoms with Crippen LogP contribution in [-0.2, 0) is 10.2 Å². The highest BCUT2D eigenvalue weighted by Gasteiger charge is 2.24. The van der Waals surface area contributed by atoms with Gasteiger partial charge in [-0.2, -0.15) is 0 Å². The van der Waals surface area contributed by atoms with Crippen molar-refractivity contribution >= 4 is 5.91 Å². The molecule has 5 nitrogen and oxygen atoms in total. The van der Waals surface area contributed by atoms with Crippen molar-refractivity contribution in [2.45, 2.75) is 26.2 Å². The molecule has 0 aromatic carbocycles. The average molecular weight is 278 g/mol. The van der Waals surface area contributed by atoms with E-state index in [0.29, 0.717) is 37.6 Å². The highest BCUT2D eigenvalue weighted by Crippen LogP contribution is 2.30. The maximum atomic E-state index is 12.4. The van der Waals surface area contributed by atoms with Crippen LogP contribution < -0.4 is 4.74 Å². The number of hydrogen-bond acceptors (Lipinski definition) is 4. The highest BCUT2D eigenvalue weighted by atomic mass is 16.5. The summed E-state index contributed by atoms with van der Waals surface area (Å²) in [6.07, 6.45) is 1.64. The van der Waals surface area contributed by atoms with E-state index < -0.39 is 0 Å². The topological polar surface area (TPSA) is 51.7 Å². The predicted octanol–water partition coefficient (Wildman–Crippen LogP) is 1.86. The Labute approximate surface area is 119 Å². The molecule has 0 N–H and O–H groups in total. The summed E-state index contributed by atoms with van der Waals surface area (Å²) in [7, 11) is 1.61. The van der Waals surface area contributed by atoms with Crippen molar-refractivity contribution in [1.82, 2.24) is 9.88 Å². The summed E-state index contributed by atoms with van der Waals surface area (Å²) in [6.45, 7) is 8.65. The summed E-state index contributed by atoms with van der Waals surface area (Å²) in [5.41, 5.74) is 1.31. The molecule has 0 radical (unpaired) electrons. The lowest BCUT2D eigenvalue weighted by atomic mass is 9.90. The Morgan fingerprint density at radius 2 is 2.00 bits per heavy atom. The van der Waals surface area contributed by atoms with E-state index in [1.54, 1.807) is 24.3 Å². The summed E-state index contributed by atoms with van der Waals surface area (Å²) in [4.78, 5) is 18.6. The number of aromatic nitrogens is 1. The largest absolute Gasteiger partial charge is 0.495 e. The van der Waals surface area contributed by atoms with Crippen LogP contribution in [0.3, 0.4) is 0 Å². The minimum absolute atomic E-state index is 0.0143. The zero-order valence-electron chi connectivity index (χ0n) is 12.6. The third-order valence-corrected chi connectivity index (χ3v) is 3.33. The molecular formula is C15H22N2O3. The second-order valence-electron chi connectivity index (χ2n) is 5.93. The molecule has 5 heteroatoms. The number of hydrogen-bond donors (Lipinski definition) is 0. The number of rotatable bonds is 2. The lowest BCUT2D eigenvalue weighted by Gasteiger charge is -2.27. The first kappa shape index (κ1) is 14.8. The summed E-state index contributed by atoms with van der Waals surface area (Å²) in [5, 5.41) is 0. The van der Waals surface area contributed by atoms with Crippen molar-refractivity contribution in [3.8, 4) is 5.75 Å². The van der Waals surface area contributed by atoms with Crippen molar-refractivity contribution in [3.63, 3.8) is 0 Å². The lowest BCUT2D eigenvalue weighted by molar-refractivity contribution is 0.0302. The Kier molecular flexibility index (Phi) is 4.28. The van der Waals surface area contributed by atoms with E-state index >= 15 is 0 Å². The first-order chi connectivity index (χ1) is 9.43. The number of ether oxygens (including phenoxy) is 2. The maximum absolute atomic E-state index is 12.4. The maximum Gasteiger partial charge on any atom is 0.255 e. The van der Waals surface area contributed by atoms with E-state index in [4.69, 9.17) is 9.47 Å². The molecule has 0 aliphatic carbocycles. The van der Waals surface area contributed by atoms with Crippen LogP contribution >= 0.6 is 0 Å². The molecule has 1 fully saturated rings. The molecule has 1 aromatic heterocycles. The second kappa shape index (κ2) is 5.79. The van der Waals surface area contributed by atoms with Crippen LogP contribution in [0.5, 0.6) is 5.75 Å². The molecule has 110 valence electrons. The number of carbonyl (C=O) groups excluding carboxylic acids is 1. The van der Waals surface area contributed by atoms with Gasteiger partial charge in [0.2, 0.25) is 0 Å². The number of carbonyl (C=O) groups is 1. The summed E-state index contributed by atoms with van der Waals surface area (Å²) < 4.78 is 10.7. The average Bonchev–Trinajstić information content (AvgIpc) is 2.45. The van der Waals surface area contributed by atoms with Gasteiger partial charge in [0.15, 0.2) is 0 Å². The molecule has 0 spiro atoms. The van der Waals surface area contributed by atoms with E-state index in [0.717, 1.165) is 5.69 Å². The highest BCUT2D eigenvalue weighted by molar-refractivity contribution is 5.94. The number of nitrogens with zero attached hydrogens (tertiary/aromatic N) is 2.